The summed E-state index contributed by atoms with van der Waals surface area (Å²) in [4.78, 5) is 23.7. The van der Waals surface area contributed by atoms with Gasteiger partial charge in [0.1, 0.15) is 5.82 Å². The smallest absolute Gasteiger partial charge is 0.314 e. The molecule has 2 rings (SSSR count). The molecule has 0 radical (unpaired) electrons. The van der Waals surface area contributed by atoms with Gasteiger partial charge in [0.15, 0.2) is 0 Å². The van der Waals surface area contributed by atoms with Crippen molar-refractivity contribution in [2.45, 2.75) is 18.8 Å². The molecule has 2 aromatic rings. The van der Waals surface area contributed by atoms with Gasteiger partial charge in [-0.15, -0.1) is 0 Å². The summed E-state index contributed by atoms with van der Waals surface area (Å²) in [6, 6.07) is 13.9. The number of carboxylic acids is 1. The van der Waals surface area contributed by atoms with Crippen LogP contribution in [-0.4, -0.2) is 17.0 Å². The zero-order valence-electron chi connectivity index (χ0n) is 12.0. The Bertz CT molecular complexity index is 670. The van der Waals surface area contributed by atoms with Crippen LogP contribution in [0.3, 0.4) is 0 Å². The summed E-state index contributed by atoms with van der Waals surface area (Å²) in [7, 11) is 0. The second-order valence-electron chi connectivity index (χ2n) is 5.24. The van der Waals surface area contributed by atoms with Crippen molar-refractivity contribution in [3.63, 3.8) is 0 Å². The van der Waals surface area contributed by atoms with E-state index in [-0.39, 0.29) is 6.42 Å². The highest BCUT2D eigenvalue weighted by atomic mass is 19.1. The summed E-state index contributed by atoms with van der Waals surface area (Å²) >= 11 is 0. The first-order valence-electron chi connectivity index (χ1n) is 6.76. The van der Waals surface area contributed by atoms with Crippen LogP contribution in [0.1, 0.15) is 18.9 Å². The molecule has 22 heavy (non-hydrogen) atoms. The van der Waals surface area contributed by atoms with Gasteiger partial charge in [0.2, 0.25) is 5.91 Å². The minimum Gasteiger partial charge on any atom is -0.481 e. The molecule has 0 aliphatic carbocycles. The number of anilines is 1. The zero-order valence-corrected chi connectivity index (χ0v) is 12.0. The van der Waals surface area contributed by atoms with E-state index in [4.69, 9.17) is 0 Å². The van der Waals surface area contributed by atoms with Crippen molar-refractivity contribution in [2.24, 2.45) is 0 Å². The summed E-state index contributed by atoms with van der Waals surface area (Å²) in [6.07, 6.45) is -0.219. The van der Waals surface area contributed by atoms with Crippen LogP contribution in [0.2, 0.25) is 0 Å². The molecule has 0 saturated carbocycles. The van der Waals surface area contributed by atoms with Crippen LogP contribution in [0.5, 0.6) is 0 Å². The number of hydrogen-bond acceptors (Lipinski definition) is 2. The monoisotopic (exact) mass is 301 g/mol. The molecule has 114 valence electrons. The number of hydrogen-bond donors (Lipinski definition) is 2. The molecule has 4 nitrogen and oxygen atoms in total. The molecule has 0 aromatic heterocycles. The minimum atomic E-state index is -1.33. The summed E-state index contributed by atoms with van der Waals surface area (Å²) in [6.45, 7) is 1.51. The van der Waals surface area contributed by atoms with Crippen LogP contribution in [0.15, 0.2) is 54.6 Å². The highest BCUT2D eigenvalue weighted by molar-refractivity contribution is 5.96. The minimum absolute atomic E-state index is 0.219. The highest BCUT2D eigenvalue weighted by Crippen LogP contribution is 2.28. The van der Waals surface area contributed by atoms with E-state index in [1.807, 2.05) is 0 Å². The van der Waals surface area contributed by atoms with Gasteiger partial charge < -0.3 is 10.4 Å². The third-order valence-corrected chi connectivity index (χ3v) is 3.53. The molecular formula is C17H16FNO3. The Morgan fingerprint density at radius 2 is 1.68 bits per heavy atom. The van der Waals surface area contributed by atoms with Gasteiger partial charge in [0.25, 0.3) is 0 Å². The van der Waals surface area contributed by atoms with Gasteiger partial charge in [-0.3, -0.25) is 9.59 Å². The van der Waals surface area contributed by atoms with E-state index < -0.39 is 23.1 Å². The standard InChI is InChI=1S/C17H16FNO3/c1-17(16(21)22,12-5-3-2-4-6-12)11-15(20)19-14-9-7-13(18)8-10-14/h2-10H,11H2,1H3,(H,19,20)(H,21,22)/t17-/m1/s1. The highest BCUT2D eigenvalue weighted by Gasteiger charge is 2.37. The molecule has 0 unspecified atom stereocenters. The molecular weight excluding hydrogens is 285 g/mol. The lowest BCUT2D eigenvalue weighted by Crippen LogP contribution is -2.36. The fourth-order valence-corrected chi connectivity index (χ4v) is 2.17. The number of benzene rings is 2. The Kier molecular flexibility index (Phi) is 4.56. The van der Waals surface area contributed by atoms with Crippen molar-refractivity contribution < 1.29 is 19.1 Å². The van der Waals surface area contributed by atoms with Crippen molar-refractivity contribution in [3.8, 4) is 0 Å². The van der Waals surface area contributed by atoms with E-state index in [0.29, 0.717) is 11.3 Å². The van der Waals surface area contributed by atoms with E-state index in [0.717, 1.165) is 0 Å². The van der Waals surface area contributed by atoms with E-state index >= 15 is 0 Å². The molecule has 0 fully saturated rings. The Labute approximate surface area is 127 Å². The largest absolute Gasteiger partial charge is 0.481 e. The average Bonchev–Trinajstić information content (AvgIpc) is 2.50. The van der Waals surface area contributed by atoms with E-state index in [2.05, 4.69) is 5.32 Å². The maximum Gasteiger partial charge on any atom is 0.314 e. The van der Waals surface area contributed by atoms with E-state index in [1.54, 1.807) is 30.3 Å². The van der Waals surface area contributed by atoms with Crippen LogP contribution < -0.4 is 5.32 Å². The van der Waals surface area contributed by atoms with Crippen LogP contribution in [-0.2, 0) is 15.0 Å². The van der Waals surface area contributed by atoms with Gasteiger partial charge in [-0.25, -0.2) is 4.39 Å². The summed E-state index contributed by atoms with van der Waals surface area (Å²) in [5, 5.41) is 12.1. The van der Waals surface area contributed by atoms with Gasteiger partial charge >= 0.3 is 5.97 Å². The fourth-order valence-electron chi connectivity index (χ4n) is 2.17. The van der Waals surface area contributed by atoms with Crippen LogP contribution >= 0.6 is 0 Å². The molecule has 5 heteroatoms. The number of carbonyl (C=O) groups excluding carboxylic acids is 1. The lowest BCUT2D eigenvalue weighted by Gasteiger charge is -2.24. The maximum atomic E-state index is 12.8. The van der Waals surface area contributed by atoms with Crippen LogP contribution in [0.25, 0.3) is 0 Å². The Balaban J connectivity index is 2.16. The van der Waals surface area contributed by atoms with Crippen molar-refractivity contribution in [1.29, 1.82) is 0 Å². The average molecular weight is 301 g/mol. The number of carbonyl (C=O) groups is 2. The molecule has 2 aromatic carbocycles. The quantitative estimate of drug-likeness (QED) is 0.891. The topological polar surface area (TPSA) is 66.4 Å². The third-order valence-electron chi connectivity index (χ3n) is 3.53. The number of halogens is 1. The lowest BCUT2D eigenvalue weighted by atomic mass is 9.79. The predicted molar refractivity (Wildman–Crippen MR) is 81.1 cm³/mol. The van der Waals surface area contributed by atoms with E-state index in [9.17, 15) is 19.1 Å². The van der Waals surface area contributed by atoms with Crippen LogP contribution in [0.4, 0.5) is 10.1 Å². The number of rotatable bonds is 5. The van der Waals surface area contributed by atoms with Crippen LogP contribution in [0, 0.1) is 5.82 Å². The third kappa shape index (κ3) is 3.49. The molecule has 0 heterocycles. The molecule has 1 amide bonds. The van der Waals surface area contributed by atoms with Gasteiger partial charge in [0.05, 0.1) is 5.41 Å². The van der Waals surface area contributed by atoms with Gasteiger partial charge in [-0.2, -0.15) is 0 Å². The van der Waals surface area contributed by atoms with Gasteiger partial charge in [0, 0.05) is 12.1 Å². The zero-order chi connectivity index (χ0) is 16.2. The number of aliphatic carboxylic acids is 1. The van der Waals surface area contributed by atoms with E-state index in [1.165, 1.54) is 31.2 Å². The number of carboxylic acid groups (broad SMARTS) is 1. The molecule has 0 saturated heterocycles. The first-order valence-corrected chi connectivity index (χ1v) is 6.76. The predicted octanol–water partition coefficient (Wildman–Crippen LogP) is 3.20. The lowest BCUT2D eigenvalue weighted by molar-refractivity contribution is -0.145. The fraction of sp³-hybridized carbons (Fsp3) is 0.176. The molecule has 2 N–H and O–H groups in total. The Hall–Kier alpha value is -2.69. The number of amides is 1. The maximum absolute atomic E-state index is 12.8. The summed E-state index contributed by atoms with van der Waals surface area (Å²) in [5.74, 6) is -1.93. The van der Waals surface area contributed by atoms with Gasteiger partial charge in [-0.1, -0.05) is 30.3 Å². The normalized spacial score (nSPS) is 13.2. The number of nitrogens with one attached hydrogen (secondary N) is 1. The molecule has 0 aliphatic rings. The molecule has 0 aliphatic heterocycles. The van der Waals surface area contributed by atoms with Gasteiger partial charge in [-0.05, 0) is 36.8 Å². The van der Waals surface area contributed by atoms with Crippen molar-refractivity contribution >= 4 is 17.6 Å². The molecule has 0 spiro atoms. The summed E-state index contributed by atoms with van der Waals surface area (Å²) in [5.41, 5.74) is -0.352. The SMILES string of the molecule is C[C@](CC(=O)Nc1ccc(F)cc1)(C(=O)O)c1ccccc1. The molecule has 1 atom stereocenters. The summed E-state index contributed by atoms with van der Waals surface area (Å²) < 4.78 is 12.8. The second-order valence-corrected chi connectivity index (χ2v) is 5.24. The van der Waals surface area contributed by atoms with Crippen molar-refractivity contribution in [3.05, 3.63) is 66.0 Å². The second kappa shape index (κ2) is 6.39. The first-order chi connectivity index (χ1) is 10.4. The first kappa shape index (κ1) is 15.7. The Morgan fingerprint density at radius 3 is 2.23 bits per heavy atom. The van der Waals surface area contributed by atoms with Crippen molar-refractivity contribution in [1.82, 2.24) is 0 Å². The Morgan fingerprint density at radius 1 is 1.09 bits per heavy atom. The molecule has 0 bridgehead atoms. The van der Waals surface area contributed by atoms with Crippen molar-refractivity contribution in [2.75, 3.05) is 5.32 Å².